The van der Waals surface area contributed by atoms with E-state index in [4.69, 9.17) is 9.47 Å². The molecule has 3 rings (SSSR count). The highest BCUT2D eigenvalue weighted by atomic mass is 16.5. The van der Waals surface area contributed by atoms with Crippen molar-refractivity contribution in [2.45, 2.75) is 19.9 Å². The van der Waals surface area contributed by atoms with Crippen molar-refractivity contribution in [3.63, 3.8) is 0 Å². The molecule has 124 valence electrons. The molecule has 0 spiro atoms. The van der Waals surface area contributed by atoms with Crippen molar-refractivity contribution in [3.05, 3.63) is 48.7 Å². The standard InChI is InChI=1S/C20H22N2O2/c1-13(2)22-20-16-11-19(24-4)18(23-3)10-15(16)17(12-21-20)14-8-6-5-7-9-14/h5-13H,1-4H3,(H,21,22). The van der Waals surface area contributed by atoms with Crippen molar-refractivity contribution >= 4 is 16.6 Å². The number of rotatable bonds is 5. The SMILES string of the molecule is COc1cc2c(-c3ccccc3)cnc(NC(C)C)c2cc1OC. The van der Waals surface area contributed by atoms with Gasteiger partial charge >= 0.3 is 0 Å². The molecule has 0 aliphatic heterocycles. The summed E-state index contributed by atoms with van der Waals surface area (Å²) in [6, 6.07) is 14.5. The van der Waals surface area contributed by atoms with E-state index in [1.54, 1.807) is 14.2 Å². The fraction of sp³-hybridized carbons (Fsp3) is 0.250. The molecule has 4 nitrogen and oxygen atoms in total. The summed E-state index contributed by atoms with van der Waals surface area (Å²) >= 11 is 0. The Balaban J connectivity index is 2.31. The minimum atomic E-state index is 0.288. The van der Waals surface area contributed by atoms with Crippen molar-refractivity contribution in [2.75, 3.05) is 19.5 Å². The Hall–Kier alpha value is -2.75. The van der Waals surface area contributed by atoms with Crippen LogP contribution in [0.2, 0.25) is 0 Å². The fourth-order valence-electron chi connectivity index (χ4n) is 2.80. The second-order valence-electron chi connectivity index (χ2n) is 5.94. The molecule has 0 aliphatic carbocycles. The lowest BCUT2D eigenvalue weighted by Crippen LogP contribution is -2.11. The van der Waals surface area contributed by atoms with Gasteiger partial charge in [0, 0.05) is 23.2 Å². The van der Waals surface area contributed by atoms with E-state index < -0.39 is 0 Å². The quantitative estimate of drug-likeness (QED) is 0.737. The maximum atomic E-state index is 5.49. The Kier molecular flexibility index (Phi) is 4.56. The lowest BCUT2D eigenvalue weighted by Gasteiger charge is -2.17. The van der Waals surface area contributed by atoms with Crippen LogP contribution >= 0.6 is 0 Å². The number of anilines is 1. The molecule has 0 unspecified atom stereocenters. The van der Waals surface area contributed by atoms with Crippen molar-refractivity contribution in [3.8, 4) is 22.6 Å². The smallest absolute Gasteiger partial charge is 0.161 e. The van der Waals surface area contributed by atoms with E-state index in [2.05, 4.69) is 36.3 Å². The molecule has 0 saturated heterocycles. The lowest BCUT2D eigenvalue weighted by molar-refractivity contribution is 0.356. The summed E-state index contributed by atoms with van der Waals surface area (Å²) in [7, 11) is 3.30. The summed E-state index contributed by atoms with van der Waals surface area (Å²) in [6.07, 6.45) is 1.91. The van der Waals surface area contributed by atoms with E-state index in [-0.39, 0.29) is 6.04 Å². The van der Waals surface area contributed by atoms with Gasteiger partial charge in [0.05, 0.1) is 14.2 Å². The minimum absolute atomic E-state index is 0.288. The number of nitrogens with one attached hydrogen (secondary N) is 1. The van der Waals surface area contributed by atoms with Gasteiger partial charge in [-0.15, -0.1) is 0 Å². The van der Waals surface area contributed by atoms with E-state index >= 15 is 0 Å². The molecule has 0 atom stereocenters. The first-order valence-corrected chi connectivity index (χ1v) is 8.00. The van der Waals surface area contributed by atoms with E-state index in [0.717, 1.165) is 27.7 Å². The molecule has 1 heterocycles. The molecule has 0 saturated carbocycles. The Labute approximate surface area is 142 Å². The summed E-state index contributed by atoms with van der Waals surface area (Å²) in [5, 5.41) is 5.50. The predicted octanol–water partition coefficient (Wildman–Crippen LogP) is 4.74. The third-order valence-electron chi connectivity index (χ3n) is 3.90. The summed E-state index contributed by atoms with van der Waals surface area (Å²) in [5.74, 6) is 2.26. The van der Waals surface area contributed by atoms with Crippen LogP contribution in [0.15, 0.2) is 48.7 Å². The third kappa shape index (κ3) is 3.00. The first-order valence-electron chi connectivity index (χ1n) is 8.00. The number of methoxy groups -OCH3 is 2. The van der Waals surface area contributed by atoms with Crippen LogP contribution in [0.1, 0.15) is 13.8 Å². The first kappa shape index (κ1) is 16.1. The van der Waals surface area contributed by atoms with Crippen LogP contribution in [0, 0.1) is 0 Å². The van der Waals surface area contributed by atoms with Crippen LogP contribution in [0.25, 0.3) is 21.9 Å². The minimum Gasteiger partial charge on any atom is -0.493 e. The molecule has 0 aliphatic rings. The van der Waals surface area contributed by atoms with Gasteiger partial charge in [-0.25, -0.2) is 4.98 Å². The highest BCUT2D eigenvalue weighted by molar-refractivity contribution is 6.03. The van der Waals surface area contributed by atoms with Crippen molar-refractivity contribution in [1.82, 2.24) is 4.98 Å². The van der Waals surface area contributed by atoms with Crippen LogP contribution in [0.4, 0.5) is 5.82 Å². The second-order valence-corrected chi connectivity index (χ2v) is 5.94. The lowest BCUT2D eigenvalue weighted by atomic mass is 9.99. The average Bonchev–Trinajstić information content (AvgIpc) is 2.61. The van der Waals surface area contributed by atoms with Crippen molar-refractivity contribution in [1.29, 1.82) is 0 Å². The summed E-state index contributed by atoms with van der Waals surface area (Å²) in [5.41, 5.74) is 2.19. The van der Waals surface area contributed by atoms with Crippen LogP contribution in [0.3, 0.4) is 0 Å². The molecule has 0 radical (unpaired) electrons. The van der Waals surface area contributed by atoms with E-state index in [0.29, 0.717) is 11.5 Å². The van der Waals surface area contributed by atoms with Crippen LogP contribution < -0.4 is 14.8 Å². The molecule has 0 amide bonds. The van der Waals surface area contributed by atoms with Gasteiger partial charge in [0.15, 0.2) is 11.5 Å². The van der Waals surface area contributed by atoms with Crippen molar-refractivity contribution in [2.24, 2.45) is 0 Å². The highest BCUT2D eigenvalue weighted by Crippen LogP contribution is 2.39. The highest BCUT2D eigenvalue weighted by Gasteiger charge is 2.14. The normalized spacial score (nSPS) is 10.9. The monoisotopic (exact) mass is 322 g/mol. The van der Waals surface area contributed by atoms with E-state index in [9.17, 15) is 0 Å². The first-order chi connectivity index (χ1) is 11.6. The van der Waals surface area contributed by atoms with Gasteiger partial charge in [0.1, 0.15) is 5.82 Å². The second kappa shape index (κ2) is 6.79. The number of hydrogen-bond acceptors (Lipinski definition) is 4. The fourth-order valence-corrected chi connectivity index (χ4v) is 2.80. The van der Waals surface area contributed by atoms with Gasteiger partial charge in [-0.1, -0.05) is 30.3 Å². The van der Waals surface area contributed by atoms with Crippen LogP contribution in [-0.2, 0) is 0 Å². The zero-order valence-corrected chi connectivity index (χ0v) is 14.5. The summed E-state index contributed by atoms with van der Waals surface area (Å²) < 4.78 is 11.0. The third-order valence-corrected chi connectivity index (χ3v) is 3.90. The molecular weight excluding hydrogens is 300 g/mol. The van der Waals surface area contributed by atoms with Crippen molar-refractivity contribution < 1.29 is 9.47 Å². The number of fused-ring (bicyclic) bond motifs is 1. The largest absolute Gasteiger partial charge is 0.493 e. The zero-order chi connectivity index (χ0) is 17.1. The van der Waals surface area contributed by atoms with Gasteiger partial charge in [-0.05, 0) is 36.9 Å². The van der Waals surface area contributed by atoms with Gasteiger partial charge in [0.2, 0.25) is 0 Å². The predicted molar refractivity (Wildman–Crippen MR) is 99.0 cm³/mol. The molecule has 0 bridgehead atoms. The molecule has 2 aromatic carbocycles. The Morgan fingerprint density at radius 1 is 0.917 bits per heavy atom. The molecule has 0 fully saturated rings. The molecule has 1 aromatic heterocycles. The molecule has 1 N–H and O–H groups in total. The van der Waals surface area contributed by atoms with Gasteiger partial charge in [0.25, 0.3) is 0 Å². The number of aromatic nitrogens is 1. The Bertz CT molecular complexity index is 845. The molecule has 3 aromatic rings. The Morgan fingerprint density at radius 2 is 1.54 bits per heavy atom. The van der Waals surface area contributed by atoms with Gasteiger partial charge in [-0.2, -0.15) is 0 Å². The van der Waals surface area contributed by atoms with Crippen LogP contribution in [-0.4, -0.2) is 25.2 Å². The maximum Gasteiger partial charge on any atom is 0.161 e. The number of pyridine rings is 1. The molecule has 24 heavy (non-hydrogen) atoms. The number of nitrogens with zero attached hydrogens (tertiary/aromatic N) is 1. The maximum absolute atomic E-state index is 5.49. The number of hydrogen-bond donors (Lipinski definition) is 1. The van der Waals surface area contributed by atoms with Gasteiger partial charge in [-0.3, -0.25) is 0 Å². The Morgan fingerprint density at radius 3 is 2.12 bits per heavy atom. The zero-order valence-electron chi connectivity index (χ0n) is 14.5. The molecular formula is C20H22N2O2. The topological polar surface area (TPSA) is 43.4 Å². The van der Waals surface area contributed by atoms with E-state index in [1.807, 2.05) is 36.5 Å². The average molecular weight is 322 g/mol. The number of benzene rings is 2. The van der Waals surface area contributed by atoms with E-state index in [1.165, 1.54) is 0 Å². The summed E-state index contributed by atoms with van der Waals surface area (Å²) in [4.78, 5) is 4.65. The van der Waals surface area contributed by atoms with Gasteiger partial charge < -0.3 is 14.8 Å². The summed E-state index contributed by atoms with van der Waals surface area (Å²) in [6.45, 7) is 4.19. The number of ether oxygens (including phenoxy) is 2. The molecule has 4 heteroatoms. The van der Waals surface area contributed by atoms with Crippen LogP contribution in [0.5, 0.6) is 11.5 Å².